The van der Waals surface area contributed by atoms with E-state index in [9.17, 15) is 13.7 Å². The normalized spacial score (nSPS) is 12.3. The zero-order valence-electron chi connectivity index (χ0n) is 23.9. The smallest absolute Gasteiger partial charge is 0.268 e. The molecule has 7 nitrogen and oxygen atoms in total. The summed E-state index contributed by atoms with van der Waals surface area (Å²) >= 11 is 3.64. The Kier molecular flexibility index (Phi) is 8.00. The van der Waals surface area contributed by atoms with Crippen molar-refractivity contribution in [2.24, 2.45) is 0 Å². The number of aryl methyl sites for hydroxylation is 2. The van der Waals surface area contributed by atoms with Crippen LogP contribution in [0.1, 0.15) is 28.1 Å². The van der Waals surface area contributed by atoms with E-state index in [0.29, 0.717) is 35.3 Å². The highest BCUT2D eigenvalue weighted by Gasteiger charge is 2.23. The molecular formula is C31H33BrN4O3SSi. The molecule has 0 N–H and O–H groups in total. The number of hydrogen-bond donors (Lipinski definition) is 0. The highest BCUT2D eigenvalue weighted by molar-refractivity contribution is 9.10. The summed E-state index contributed by atoms with van der Waals surface area (Å²) in [5, 5.41) is 10.3. The summed E-state index contributed by atoms with van der Waals surface area (Å²) in [7, 11) is -5.05. The number of benzene rings is 3. The fourth-order valence-electron chi connectivity index (χ4n) is 4.93. The van der Waals surface area contributed by atoms with Crippen molar-refractivity contribution >= 4 is 56.0 Å². The van der Waals surface area contributed by atoms with E-state index in [2.05, 4.69) is 46.2 Å². The SMILES string of the molecule is Cc1ccc(S(=O)(=O)n2ccc3c(Cc4nc5cc(C#N)ccc5n4COCC[Si](C)(C)C)c(C)cc(Br)c32)cc1. The topological polar surface area (TPSA) is 89.9 Å². The lowest BCUT2D eigenvalue weighted by Gasteiger charge is -2.17. The molecule has 0 aliphatic rings. The van der Waals surface area contributed by atoms with Crippen LogP contribution in [0.3, 0.4) is 0 Å². The van der Waals surface area contributed by atoms with Crippen LogP contribution in [0.4, 0.5) is 0 Å². The van der Waals surface area contributed by atoms with Gasteiger partial charge >= 0.3 is 0 Å². The second-order valence-corrected chi connectivity index (χ2v) is 19.9. The van der Waals surface area contributed by atoms with Gasteiger partial charge in [-0.25, -0.2) is 17.4 Å². The largest absolute Gasteiger partial charge is 0.361 e. The molecule has 0 unspecified atom stereocenters. The van der Waals surface area contributed by atoms with E-state index < -0.39 is 18.1 Å². The van der Waals surface area contributed by atoms with Crippen LogP contribution in [0, 0.1) is 25.2 Å². The zero-order chi connectivity index (χ0) is 29.5. The summed E-state index contributed by atoms with van der Waals surface area (Å²) < 4.78 is 37.6. The number of halogens is 1. The minimum absolute atomic E-state index is 0.236. The van der Waals surface area contributed by atoms with Gasteiger partial charge in [-0.3, -0.25) is 0 Å². The second kappa shape index (κ2) is 11.2. The van der Waals surface area contributed by atoms with Crippen LogP contribution in [-0.2, 0) is 27.9 Å². The Hall–Kier alpha value is -3.23. The number of nitrogens with zero attached hydrogens (tertiary/aromatic N) is 4. The van der Waals surface area contributed by atoms with Crippen LogP contribution in [0.25, 0.3) is 21.9 Å². The third-order valence-corrected chi connectivity index (χ3v) is 11.3. The molecule has 0 aliphatic carbocycles. The molecule has 10 heteroatoms. The van der Waals surface area contributed by atoms with Crippen LogP contribution in [0.5, 0.6) is 0 Å². The first-order chi connectivity index (χ1) is 19.4. The van der Waals surface area contributed by atoms with Gasteiger partial charge in [0.2, 0.25) is 0 Å². The lowest BCUT2D eigenvalue weighted by Crippen LogP contribution is -2.22. The Labute approximate surface area is 250 Å². The lowest BCUT2D eigenvalue weighted by molar-refractivity contribution is 0.0881. The number of nitriles is 1. The molecule has 0 spiro atoms. The molecule has 0 saturated heterocycles. The summed E-state index contributed by atoms with van der Waals surface area (Å²) in [4.78, 5) is 5.17. The minimum Gasteiger partial charge on any atom is -0.361 e. The Morgan fingerprint density at radius 1 is 1.05 bits per heavy atom. The number of fused-ring (bicyclic) bond motifs is 2. The van der Waals surface area contributed by atoms with Gasteiger partial charge in [-0.2, -0.15) is 5.26 Å². The number of rotatable bonds is 9. The average Bonchev–Trinajstić information content (AvgIpc) is 3.51. The van der Waals surface area contributed by atoms with Gasteiger partial charge in [0.1, 0.15) is 12.6 Å². The third kappa shape index (κ3) is 5.90. The molecule has 0 radical (unpaired) electrons. The van der Waals surface area contributed by atoms with Crippen molar-refractivity contribution in [2.45, 2.75) is 57.6 Å². The van der Waals surface area contributed by atoms with Gasteiger partial charge in [-0.1, -0.05) is 37.3 Å². The maximum absolute atomic E-state index is 13.7. The third-order valence-electron chi connectivity index (χ3n) is 7.31. The van der Waals surface area contributed by atoms with Crippen molar-refractivity contribution in [3.05, 3.63) is 93.3 Å². The summed E-state index contributed by atoms with van der Waals surface area (Å²) in [6, 6.07) is 19.5. The van der Waals surface area contributed by atoms with E-state index in [1.54, 1.807) is 42.6 Å². The van der Waals surface area contributed by atoms with E-state index in [-0.39, 0.29) is 4.90 Å². The maximum atomic E-state index is 13.7. The van der Waals surface area contributed by atoms with Crippen molar-refractivity contribution in [1.29, 1.82) is 5.26 Å². The van der Waals surface area contributed by atoms with Crippen LogP contribution in [0.15, 0.2) is 70.2 Å². The van der Waals surface area contributed by atoms with Gasteiger partial charge in [0.25, 0.3) is 10.0 Å². The zero-order valence-corrected chi connectivity index (χ0v) is 27.3. The monoisotopic (exact) mass is 648 g/mol. The Morgan fingerprint density at radius 3 is 2.46 bits per heavy atom. The first kappa shape index (κ1) is 29.3. The quantitative estimate of drug-likeness (QED) is 0.123. The highest BCUT2D eigenvalue weighted by atomic mass is 79.9. The van der Waals surface area contributed by atoms with E-state index in [1.807, 2.05) is 32.0 Å². The van der Waals surface area contributed by atoms with Gasteiger partial charge in [-0.15, -0.1) is 0 Å². The summed E-state index contributed by atoms with van der Waals surface area (Å²) in [6.45, 7) is 11.9. The first-order valence-electron chi connectivity index (χ1n) is 13.5. The maximum Gasteiger partial charge on any atom is 0.268 e. The molecular weight excluding hydrogens is 616 g/mol. The van der Waals surface area contributed by atoms with Crippen LogP contribution in [0.2, 0.25) is 25.7 Å². The summed E-state index contributed by atoms with van der Waals surface area (Å²) in [5.41, 5.74) is 5.78. The fraction of sp³-hybridized carbons (Fsp3) is 0.290. The Morgan fingerprint density at radius 2 is 1.78 bits per heavy atom. The van der Waals surface area contributed by atoms with Gasteiger partial charge in [0, 0.05) is 37.2 Å². The van der Waals surface area contributed by atoms with Crippen LogP contribution < -0.4 is 0 Å². The Bertz CT molecular complexity index is 1910. The summed E-state index contributed by atoms with van der Waals surface area (Å²) in [5.74, 6) is 0.795. The molecule has 0 aliphatic heterocycles. The molecule has 2 aromatic heterocycles. The highest BCUT2D eigenvalue weighted by Crippen LogP contribution is 2.35. The van der Waals surface area contributed by atoms with Gasteiger partial charge in [-0.05, 0) is 89.4 Å². The average molecular weight is 650 g/mol. The molecule has 2 heterocycles. The number of ether oxygens (including phenoxy) is 1. The van der Waals surface area contributed by atoms with Gasteiger partial charge < -0.3 is 9.30 Å². The predicted molar refractivity (Wildman–Crippen MR) is 169 cm³/mol. The van der Waals surface area contributed by atoms with E-state index in [1.165, 1.54) is 3.97 Å². The standard InChI is InChI=1S/C31H33BrN4O3SSi/c1-21-6-9-24(10-7-21)40(37,38)36-13-12-25-26(22(2)16-27(32)31(25)36)18-30-34-28-17-23(19-33)8-11-29(28)35(30)20-39-14-15-41(3,4)5/h6-13,16-17H,14-15,18,20H2,1-5H3. The van der Waals surface area contributed by atoms with Crippen molar-refractivity contribution in [3.63, 3.8) is 0 Å². The molecule has 0 atom stereocenters. The van der Waals surface area contributed by atoms with E-state index in [4.69, 9.17) is 9.72 Å². The molecule has 41 heavy (non-hydrogen) atoms. The van der Waals surface area contributed by atoms with Crippen LogP contribution >= 0.6 is 15.9 Å². The van der Waals surface area contributed by atoms with E-state index >= 15 is 0 Å². The van der Waals surface area contributed by atoms with Crippen molar-refractivity contribution in [2.75, 3.05) is 6.61 Å². The number of aromatic nitrogens is 3. The first-order valence-corrected chi connectivity index (χ1v) is 19.4. The number of imidazole rings is 1. The minimum atomic E-state index is -3.81. The lowest BCUT2D eigenvalue weighted by atomic mass is 10.0. The molecule has 3 aromatic carbocycles. The second-order valence-electron chi connectivity index (χ2n) is 11.6. The fourth-order valence-corrected chi connectivity index (χ4v) is 7.92. The molecule has 212 valence electrons. The summed E-state index contributed by atoms with van der Waals surface area (Å²) in [6.07, 6.45) is 2.09. The molecule has 5 rings (SSSR count). The molecule has 0 bridgehead atoms. The molecule has 0 amide bonds. The van der Waals surface area contributed by atoms with Gasteiger partial charge in [0.05, 0.1) is 33.1 Å². The van der Waals surface area contributed by atoms with Gasteiger partial charge in [0.15, 0.2) is 0 Å². The molecule has 5 aromatic rings. The van der Waals surface area contributed by atoms with Crippen molar-refractivity contribution < 1.29 is 13.2 Å². The van der Waals surface area contributed by atoms with E-state index in [0.717, 1.165) is 45.0 Å². The number of hydrogen-bond acceptors (Lipinski definition) is 5. The van der Waals surface area contributed by atoms with Crippen LogP contribution in [-0.4, -0.2) is 36.6 Å². The predicted octanol–water partition coefficient (Wildman–Crippen LogP) is 7.38. The van der Waals surface area contributed by atoms with Crippen molar-refractivity contribution in [3.8, 4) is 6.07 Å². The molecule has 0 saturated carbocycles. The Balaban J connectivity index is 1.59. The molecule has 0 fully saturated rings. The van der Waals surface area contributed by atoms with Crippen molar-refractivity contribution in [1.82, 2.24) is 13.5 Å².